The molecule has 140 valence electrons. The first-order chi connectivity index (χ1) is 12.2. The Labute approximate surface area is 163 Å². The first kappa shape index (κ1) is 20.4. The highest BCUT2D eigenvalue weighted by Crippen LogP contribution is 2.24. The molecule has 0 saturated carbocycles. The van der Waals surface area contributed by atoms with E-state index in [2.05, 4.69) is 29.4 Å². The Morgan fingerprint density at radius 1 is 1.19 bits per heavy atom. The number of halogens is 1. The van der Waals surface area contributed by atoms with Crippen LogP contribution in [0.15, 0.2) is 35.7 Å². The van der Waals surface area contributed by atoms with E-state index in [0.717, 1.165) is 6.54 Å². The standard InChI is InChI=1S/C19H24ClN3O2S/c1-19(2,12-23(3)4)11-21-17(24)13-7-8-14(20)15(10-13)22-18(25)16-6-5-9-26-16/h5-10H,11-12H2,1-4H3,(H,21,24)(H,22,25). The molecule has 0 atom stereocenters. The van der Waals surface area contributed by atoms with Gasteiger partial charge in [0.25, 0.3) is 11.8 Å². The second kappa shape index (κ2) is 8.66. The van der Waals surface area contributed by atoms with Crippen molar-refractivity contribution in [2.24, 2.45) is 5.41 Å². The average Bonchev–Trinajstić information content (AvgIpc) is 3.08. The molecule has 0 bridgehead atoms. The van der Waals surface area contributed by atoms with Crippen LogP contribution in [0.25, 0.3) is 0 Å². The van der Waals surface area contributed by atoms with Gasteiger partial charge in [-0.3, -0.25) is 9.59 Å². The minimum atomic E-state index is -0.244. The lowest BCUT2D eigenvalue weighted by Gasteiger charge is -2.28. The number of anilines is 1. The topological polar surface area (TPSA) is 61.4 Å². The van der Waals surface area contributed by atoms with E-state index in [4.69, 9.17) is 11.6 Å². The minimum Gasteiger partial charge on any atom is -0.351 e. The van der Waals surface area contributed by atoms with Crippen molar-refractivity contribution < 1.29 is 9.59 Å². The van der Waals surface area contributed by atoms with E-state index in [1.165, 1.54) is 11.3 Å². The molecule has 1 aromatic heterocycles. The number of carbonyl (C=O) groups excluding carboxylic acids is 2. The first-order valence-electron chi connectivity index (χ1n) is 8.25. The number of nitrogens with zero attached hydrogens (tertiary/aromatic N) is 1. The molecule has 7 heteroatoms. The number of nitrogens with one attached hydrogen (secondary N) is 2. The van der Waals surface area contributed by atoms with Crippen molar-refractivity contribution in [1.82, 2.24) is 10.2 Å². The molecule has 5 nitrogen and oxygen atoms in total. The van der Waals surface area contributed by atoms with Crippen molar-refractivity contribution in [3.63, 3.8) is 0 Å². The van der Waals surface area contributed by atoms with Gasteiger partial charge in [0.1, 0.15) is 0 Å². The minimum absolute atomic E-state index is 0.0538. The van der Waals surface area contributed by atoms with Gasteiger partial charge in [0, 0.05) is 18.7 Å². The number of rotatable bonds is 7. The van der Waals surface area contributed by atoms with Gasteiger partial charge in [-0.1, -0.05) is 31.5 Å². The molecule has 1 aromatic carbocycles. The molecule has 26 heavy (non-hydrogen) atoms. The molecule has 2 amide bonds. The highest BCUT2D eigenvalue weighted by molar-refractivity contribution is 7.12. The predicted molar refractivity (Wildman–Crippen MR) is 108 cm³/mol. The van der Waals surface area contributed by atoms with Gasteiger partial charge >= 0.3 is 0 Å². The molecule has 0 unspecified atom stereocenters. The summed E-state index contributed by atoms with van der Waals surface area (Å²) in [7, 11) is 4.01. The molecule has 2 aromatic rings. The van der Waals surface area contributed by atoms with Crippen molar-refractivity contribution >= 4 is 40.4 Å². The second-order valence-corrected chi connectivity index (χ2v) is 8.57. The van der Waals surface area contributed by atoms with Crippen molar-refractivity contribution in [2.45, 2.75) is 13.8 Å². The number of carbonyl (C=O) groups is 2. The summed E-state index contributed by atoms with van der Waals surface area (Å²) in [6, 6.07) is 8.41. The first-order valence-corrected chi connectivity index (χ1v) is 9.51. The van der Waals surface area contributed by atoms with Crippen LogP contribution in [0.3, 0.4) is 0 Å². The fraction of sp³-hybridized carbons (Fsp3) is 0.368. The number of benzene rings is 1. The van der Waals surface area contributed by atoms with E-state index in [1.54, 1.807) is 30.3 Å². The normalized spacial score (nSPS) is 11.5. The van der Waals surface area contributed by atoms with Crippen LogP contribution in [0.5, 0.6) is 0 Å². The van der Waals surface area contributed by atoms with Gasteiger partial charge in [0.15, 0.2) is 0 Å². The second-order valence-electron chi connectivity index (χ2n) is 7.21. The Balaban J connectivity index is 2.06. The molecule has 0 aliphatic carbocycles. The lowest BCUT2D eigenvalue weighted by molar-refractivity contribution is 0.0928. The van der Waals surface area contributed by atoms with Gasteiger partial charge in [-0.05, 0) is 49.2 Å². The van der Waals surface area contributed by atoms with Gasteiger partial charge in [0.05, 0.1) is 15.6 Å². The summed E-state index contributed by atoms with van der Waals surface area (Å²) in [5, 5.41) is 7.93. The van der Waals surface area contributed by atoms with Gasteiger partial charge in [0.2, 0.25) is 0 Å². The molecule has 0 aliphatic rings. The lowest BCUT2D eigenvalue weighted by Crippen LogP contribution is -2.40. The van der Waals surface area contributed by atoms with E-state index in [0.29, 0.717) is 27.7 Å². The van der Waals surface area contributed by atoms with Crippen LogP contribution in [0, 0.1) is 5.41 Å². The maximum absolute atomic E-state index is 12.5. The maximum Gasteiger partial charge on any atom is 0.265 e. The summed E-state index contributed by atoms with van der Waals surface area (Å²) in [5.41, 5.74) is 0.823. The third kappa shape index (κ3) is 5.83. The van der Waals surface area contributed by atoms with Gasteiger partial charge in [-0.15, -0.1) is 11.3 Å². The van der Waals surface area contributed by atoms with Crippen molar-refractivity contribution in [3.05, 3.63) is 51.2 Å². The highest BCUT2D eigenvalue weighted by atomic mass is 35.5. The molecule has 2 N–H and O–H groups in total. The van der Waals surface area contributed by atoms with Gasteiger partial charge in [-0.2, -0.15) is 0 Å². The van der Waals surface area contributed by atoms with Crippen molar-refractivity contribution in [1.29, 1.82) is 0 Å². The summed E-state index contributed by atoms with van der Waals surface area (Å²) >= 11 is 7.51. The molecule has 0 saturated heterocycles. The monoisotopic (exact) mass is 393 g/mol. The zero-order valence-corrected chi connectivity index (χ0v) is 17.0. The Hall–Kier alpha value is -1.89. The largest absolute Gasteiger partial charge is 0.351 e. The van der Waals surface area contributed by atoms with Crippen LogP contribution < -0.4 is 10.6 Å². The van der Waals surface area contributed by atoms with E-state index >= 15 is 0 Å². The Morgan fingerprint density at radius 2 is 1.92 bits per heavy atom. The summed E-state index contributed by atoms with van der Waals surface area (Å²) in [6.07, 6.45) is 0. The smallest absolute Gasteiger partial charge is 0.265 e. The Kier molecular flexibility index (Phi) is 6.81. The summed E-state index contributed by atoms with van der Waals surface area (Å²) in [4.78, 5) is 27.4. The summed E-state index contributed by atoms with van der Waals surface area (Å²) < 4.78 is 0. The average molecular weight is 394 g/mol. The van der Waals surface area contributed by atoms with Crippen LogP contribution in [0.1, 0.15) is 33.9 Å². The van der Waals surface area contributed by atoms with Crippen LogP contribution in [0.4, 0.5) is 5.69 Å². The van der Waals surface area contributed by atoms with Gasteiger partial charge < -0.3 is 15.5 Å². The maximum atomic E-state index is 12.5. The molecule has 0 aliphatic heterocycles. The van der Waals surface area contributed by atoms with Crippen molar-refractivity contribution in [3.8, 4) is 0 Å². The van der Waals surface area contributed by atoms with E-state index < -0.39 is 0 Å². The molecule has 1 heterocycles. The summed E-state index contributed by atoms with van der Waals surface area (Å²) in [5.74, 6) is -0.438. The third-order valence-electron chi connectivity index (χ3n) is 3.69. The fourth-order valence-electron chi connectivity index (χ4n) is 2.69. The number of hydrogen-bond acceptors (Lipinski definition) is 4. The molecule has 0 radical (unpaired) electrons. The van der Waals surface area contributed by atoms with E-state index in [1.807, 2.05) is 19.5 Å². The number of thiophene rings is 1. The molecule has 2 rings (SSSR count). The number of hydrogen-bond donors (Lipinski definition) is 2. The van der Waals surface area contributed by atoms with E-state index in [-0.39, 0.29) is 17.2 Å². The Morgan fingerprint density at radius 3 is 2.54 bits per heavy atom. The molecular weight excluding hydrogens is 370 g/mol. The zero-order chi connectivity index (χ0) is 19.3. The molecule has 0 spiro atoms. The zero-order valence-electron chi connectivity index (χ0n) is 15.4. The quantitative estimate of drug-likeness (QED) is 0.748. The van der Waals surface area contributed by atoms with Crippen LogP contribution in [-0.2, 0) is 0 Å². The fourth-order valence-corrected chi connectivity index (χ4v) is 3.47. The van der Waals surface area contributed by atoms with Gasteiger partial charge in [-0.25, -0.2) is 0 Å². The highest BCUT2D eigenvalue weighted by Gasteiger charge is 2.20. The summed E-state index contributed by atoms with van der Waals surface area (Å²) in [6.45, 7) is 5.60. The van der Waals surface area contributed by atoms with E-state index in [9.17, 15) is 9.59 Å². The van der Waals surface area contributed by atoms with Crippen molar-refractivity contribution in [2.75, 3.05) is 32.5 Å². The lowest BCUT2D eigenvalue weighted by atomic mass is 9.93. The Bertz CT molecular complexity index is 773. The van der Waals surface area contributed by atoms with Crippen LogP contribution in [-0.4, -0.2) is 43.9 Å². The third-order valence-corrected chi connectivity index (χ3v) is 4.89. The molecule has 0 fully saturated rings. The predicted octanol–water partition coefficient (Wildman–Crippen LogP) is 3.97. The number of amides is 2. The van der Waals surface area contributed by atoms with Crippen LogP contribution in [0.2, 0.25) is 5.02 Å². The molecular formula is C19H24ClN3O2S. The van der Waals surface area contributed by atoms with Crippen LogP contribution >= 0.6 is 22.9 Å². The SMILES string of the molecule is CN(C)CC(C)(C)CNC(=O)c1ccc(Cl)c(NC(=O)c2cccs2)c1.